The molecular formula is C7H7ClNO2S-. The molecule has 1 aromatic carbocycles. The highest BCUT2D eigenvalue weighted by Gasteiger charge is 1.99. The van der Waals surface area contributed by atoms with E-state index in [0.29, 0.717) is 11.6 Å². The van der Waals surface area contributed by atoms with E-state index in [-0.39, 0.29) is 4.90 Å². The number of benzene rings is 1. The van der Waals surface area contributed by atoms with Crippen molar-refractivity contribution >= 4 is 22.7 Å². The van der Waals surface area contributed by atoms with Gasteiger partial charge in [-0.25, -0.2) is 0 Å². The molecule has 12 heavy (non-hydrogen) atoms. The van der Waals surface area contributed by atoms with E-state index < -0.39 is 11.1 Å². The fourth-order valence-electron chi connectivity index (χ4n) is 0.797. The highest BCUT2D eigenvalue weighted by Crippen LogP contribution is 2.18. The molecule has 0 saturated carbocycles. The lowest BCUT2D eigenvalue weighted by Crippen LogP contribution is -1.98. The average molecular weight is 205 g/mol. The summed E-state index contributed by atoms with van der Waals surface area (Å²) < 4.78 is 20.9. The van der Waals surface area contributed by atoms with Gasteiger partial charge in [-0.05, 0) is 28.8 Å². The Hall–Kier alpha value is -0.420. The quantitative estimate of drug-likeness (QED) is 0.732. The van der Waals surface area contributed by atoms with Crippen LogP contribution in [0.25, 0.3) is 0 Å². The van der Waals surface area contributed by atoms with E-state index in [1.165, 1.54) is 12.1 Å². The molecule has 0 bridgehead atoms. The standard InChI is InChI=1S/C7H8ClNO2S/c8-7-3-6(12(10)11)2-1-5(7)4-9/h1-3H,4,9H2,(H,10,11)/p-1. The van der Waals surface area contributed by atoms with Crippen molar-refractivity contribution in [2.75, 3.05) is 0 Å². The van der Waals surface area contributed by atoms with Crippen LogP contribution in [0.3, 0.4) is 0 Å². The van der Waals surface area contributed by atoms with Crippen LogP contribution in [0.15, 0.2) is 23.1 Å². The highest BCUT2D eigenvalue weighted by molar-refractivity contribution is 7.79. The molecule has 0 spiro atoms. The molecule has 1 rings (SSSR count). The zero-order chi connectivity index (χ0) is 9.14. The minimum Gasteiger partial charge on any atom is -0.768 e. The maximum Gasteiger partial charge on any atom is 0.0462 e. The van der Waals surface area contributed by atoms with Crippen molar-refractivity contribution in [1.29, 1.82) is 0 Å². The van der Waals surface area contributed by atoms with E-state index in [0.717, 1.165) is 5.56 Å². The summed E-state index contributed by atoms with van der Waals surface area (Å²) in [6.07, 6.45) is 0. The van der Waals surface area contributed by atoms with Gasteiger partial charge in [0.2, 0.25) is 0 Å². The Morgan fingerprint density at radius 1 is 1.58 bits per heavy atom. The van der Waals surface area contributed by atoms with Gasteiger partial charge in [-0.1, -0.05) is 17.7 Å². The molecular weight excluding hydrogens is 198 g/mol. The van der Waals surface area contributed by atoms with Crippen LogP contribution in [0, 0.1) is 0 Å². The molecule has 1 atom stereocenters. The first-order valence-corrected chi connectivity index (χ1v) is 4.68. The molecule has 0 aromatic heterocycles. The Morgan fingerprint density at radius 2 is 2.25 bits per heavy atom. The van der Waals surface area contributed by atoms with Crippen molar-refractivity contribution in [2.45, 2.75) is 11.4 Å². The monoisotopic (exact) mass is 204 g/mol. The first-order chi connectivity index (χ1) is 5.65. The zero-order valence-electron chi connectivity index (χ0n) is 6.12. The topological polar surface area (TPSA) is 66.2 Å². The summed E-state index contributed by atoms with van der Waals surface area (Å²) in [4.78, 5) is 0.178. The van der Waals surface area contributed by atoms with Gasteiger partial charge in [0.05, 0.1) is 0 Å². The van der Waals surface area contributed by atoms with Crippen LogP contribution in [0.2, 0.25) is 5.02 Å². The smallest absolute Gasteiger partial charge is 0.0462 e. The molecule has 0 fully saturated rings. The minimum absolute atomic E-state index is 0.178. The Balaban J connectivity index is 3.10. The van der Waals surface area contributed by atoms with Crippen LogP contribution in [0.1, 0.15) is 5.56 Å². The van der Waals surface area contributed by atoms with Gasteiger partial charge in [-0.3, -0.25) is 4.21 Å². The molecule has 66 valence electrons. The van der Waals surface area contributed by atoms with Gasteiger partial charge in [-0.2, -0.15) is 0 Å². The Bertz CT molecular complexity index is 316. The maximum atomic E-state index is 10.5. The van der Waals surface area contributed by atoms with Crippen LogP contribution < -0.4 is 5.73 Å². The van der Waals surface area contributed by atoms with Crippen molar-refractivity contribution in [3.63, 3.8) is 0 Å². The van der Waals surface area contributed by atoms with Crippen LogP contribution >= 0.6 is 11.6 Å². The molecule has 0 radical (unpaired) electrons. The summed E-state index contributed by atoms with van der Waals surface area (Å²) in [5.74, 6) is 0. The van der Waals surface area contributed by atoms with Gasteiger partial charge in [0.15, 0.2) is 0 Å². The van der Waals surface area contributed by atoms with Crippen LogP contribution in [0.5, 0.6) is 0 Å². The third-order valence-electron chi connectivity index (χ3n) is 1.44. The second-order valence-electron chi connectivity index (χ2n) is 2.19. The van der Waals surface area contributed by atoms with E-state index in [1.54, 1.807) is 6.07 Å². The molecule has 0 amide bonds. The normalized spacial score (nSPS) is 12.9. The number of rotatable bonds is 2. The van der Waals surface area contributed by atoms with Crippen molar-refractivity contribution < 1.29 is 8.76 Å². The summed E-state index contributed by atoms with van der Waals surface area (Å²) in [6.45, 7) is 0.310. The maximum absolute atomic E-state index is 10.5. The first-order valence-electron chi connectivity index (χ1n) is 3.23. The molecule has 5 heteroatoms. The molecule has 1 aromatic rings. The molecule has 1 unspecified atom stereocenters. The Labute approximate surface area is 77.8 Å². The zero-order valence-corrected chi connectivity index (χ0v) is 7.69. The van der Waals surface area contributed by atoms with Gasteiger partial charge in [0.25, 0.3) is 0 Å². The van der Waals surface area contributed by atoms with Gasteiger partial charge in [0, 0.05) is 16.5 Å². The minimum atomic E-state index is -2.22. The second kappa shape index (κ2) is 4.00. The van der Waals surface area contributed by atoms with Crippen LogP contribution in [0.4, 0.5) is 0 Å². The summed E-state index contributed by atoms with van der Waals surface area (Å²) in [6, 6.07) is 4.46. The van der Waals surface area contributed by atoms with E-state index in [2.05, 4.69) is 0 Å². The predicted molar refractivity (Wildman–Crippen MR) is 46.5 cm³/mol. The van der Waals surface area contributed by atoms with Crippen molar-refractivity contribution in [1.82, 2.24) is 0 Å². The number of halogens is 1. The molecule has 3 nitrogen and oxygen atoms in total. The van der Waals surface area contributed by atoms with Crippen molar-refractivity contribution in [3.8, 4) is 0 Å². The molecule has 0 aliphatic heterocycles. The van der Waals surface area contributed by atoms with E-state index >= 15 is 0 Å². The third-order valence-corrected chi connectivity index (χ3v) is 2.43. The van der Waals surface area contributed by atoms with Crippen molar-refractivity contribution in [3.05, 3.63) is 28.8 Å². The van der Waals surface area contributed by atoms with Crippen molar-refractivity contribution in [2.24, 2.45) is 5.73 Å². The van der Waals surface area contributed by atoms with E-state index in [9.17, 15) is 8.76 Å². The lowest BCUT2D eigenvalue weighted by molar-refractivity contribution is 0.537. The summed E-state index contributed by atoms with van der Waals surface area (Å²) in [5.41, 5.74) is 6.08. The summed E-state index contributed by atoms with van der Waals surface area (Å²) in [5, 5.41) is 0.388. The summed E-state index contributed by atoms with van der Waals surface area (Å²) in [7, 11) is 0. The largest absolute Gasteiger partial charge is 0.768 e. The predicted octanol–water partition coefficient (Wildman–Crippen LogP) is 1.04. The molecule has 0 heterocycles. The second-order valence-corrected chi connectivity index (χ2v) is 3.54. The Kier molecular flexibility index (Phi) is 3.22. The molecule has 0 aliphatic rings. The number of hydrogen-bond acceptors (Lipinski definition) is 3. The fourth-order valence-corrected chi connectivity index (χ4v) is 1.51. The lowest BCUT2D eigenvalue weighted by atomic mass is 10.2. The highest BCUT2D eigenvalue weighted by atomic mass is 35.5. The molecule has 2 N–H and O–H groups in total. The van der Waals surface area contributed by atoms with Gasteiger partial charge >= 0.3 is 0 Å². The Morgan fingerprint density at radius 3 is 2.67 bits per heavy atom. The number of hydrogen-bond donors (Lipinski definition) is 1. The van der Waals surface area contributed by atoms with E-state index in [4.69, 9.17) is 17.3 Å². The SMILES string of the molecule is NCc1ccc(S(=O)[O-])cc1Cl. The van der Waals surface area contributed by atoms with Crippen LogP contribution in [-0.4, -0.2) is 8.76 Å². The first kappa shape index (κ1) is 9.67. The lowest BCUT2D eigenvalue weighted by Gasteiger charge is -2.07. The summed E-state index contributed by atoms with van der Waals surface area (Å²) >= 11 is 3.50. The third kappa shape index (κ3) is 2.04. The van der Waals surface area contributed by atoms with Gasteiger partial charge in [-0.15, -0.1) is 0 Å². The average Bonchev–Trinajstić information content (AvgIpc) is 2.04. The fraction of sp³-hybridized carbons (Fsp3) is 0.143. The van der Waals surface area contributed by atoms with Gasteiger partial charge < -0.3 is 10.3 Å². The molecule has 0 saturated heterocycles. The number of nitrogens with two attached hydrogens (primary N) is 1. The molecule has 0 aliphatic carbocycles. The van der Waals surface area contributed by atoms with E-state index in [1.807, 2.05) is 0 Å². The van der Waals surface area contributed by atoms with Crippen LogP contribution in [-0.2, 0) is 17.6 Å². The van der Waals surface area contributed by atoms with Gasteiger partial charge in [0.1, 0.15) is 0 Å².